The van der Waals surface area contributed by atoms with Crippen LogP contribution in [0.15, 0.2) is 54.7 Å². The maximum atomic E-state index is 12.7. The summed E-state index contributed by atoms with van der Waals surface area (Å²) >= 11 is 6.25. The maximum Gasteiger partial charge on any atom is 0.416 e. The molecule has 28 heavy (non-hydrogen) atoms. The second kappa shape index (κ2) is 7.53. The lowest BCUT2D eigenvalue weighted by Crippen LogP contribution is -2.31. The number of alkyl halides is 3. The van der Waals surface area contributed by atoms with Gasteiger partial charge in [-0.05, 0) is 23.8 Å². The number of aromatic nitrogens is 2. The molecule has 0 atom stereocenters. The van der Waals surface area contributed by atoms with Gasteiger partial charge < -0.3 is 0 Å². The van der Waals surface area contributed by atoms with Crippen molar-refractivity contribution in [3.05, 3.63) is 82.1 Å². The van der Waals surface area contributed by atoms with Crippen LogP contribution < -0.4 is 0 Å². The van der Waals surface area contributed by atoms with Crippen molar-refractivity contribution in [3.8, 4) is 11.4 Å². The Morgan fingerprint density at radius 3 is 2.50 bits per heavy atom. The molecule has 1 aliphatic heterocycles. The van der Waals surface area contributed by atoms with Gasteiger partial charge in [0.2, 0.25) is 0 Å². The standard InChI is InChI=1S/C21H17ClF3N3/c22-18-4-2-1-3-15(18)12-28-10-9-19-16(13-28)11-26-20(27-19)14-5-7-17(8-6-14)21(23,24)25/h1-8,11H,9-10,12-13H2. The van der Waals surface area contributed by atoms with Crippen LogP contribution in [0.25, 0.3) is 11.4 Å². The highest BCUT2D eigenvalue weighted by Gasteiger charge is 2.30. The van der Waals surface area contributed by atoms with Crippen LogP contribution in [0.2, 0.25) is 5.02 Å². The number of rotatable bonds is 3. The summed E-state index contributed by atoms with van der Waals surface area (Å²) in [6.45, 7) is 2.30. The van der Waals surface area contributed by atoms with Crippen LogP contribution in [0.4, 0.5) is 13.2 Å². The van der Waals surface area contributed by atoms with Gasteiger partial charge in [0, 0.05) is 48.4 Å². The second-order valence-electron chi connectivity index (χ2n) is 6.79. The Hall–Kier alpha value is -2.44. The monoisotopic (exact) mass is 403 g/mol. The Morgan fingerprint density at radius 2 is 1.79 bits per heavy atom. The molecule has 0 saturated carbocycles. The number of hydrogen-bond acceptors (Lipinski definition) is 3. The zero-order valence-electron chi connectivity index (χ0n) is 14.9. The lowest BCUT2D eigenvalue weighted by atomic mass is 10.1. The molecule has 7 heteroatoms. The summed E-state index contributed by atoms with van der Waals surface area (Å²) in [5.41, 5.74) is 2.96. The first-order valence-electron chi connectivity index (χ1n) is 8.88. The molecule has 0 unspecified atom stereocenters. The molecular weight excluding hydrogens is 387 g/mol. The lowest BCUT2D eigenvalue weighted by molar-refractivity contribution is -0.137. The van der Waals surface area contributed by atoms with Gasteiger partial charge in [0.25, 0.3) is 0 Å². The average Bonchev–Trinajstić information content (AvgIpc) is 2.69. The summed E-state index contributed by atoms with van der Waals surface area (Å²) in [5.74, 6) is 0.451. The van der Waals surface area contributed by atoms with Crippen LogP contribution in [0.1, 0.15) is 22.4 Å². The highest BCUT2D eigenvalue weighted by molar-refractivity contribution is 6.31. The molecule has 3 aromatic rings. The van der Waals surface area contributed by atoms with Crippen molar-refractivity contribution in [3.63, 3.8) is 0 Å². The van der Waals surface area contributed by atoms with Crippen LogP contribution in [0.3, 0.4) is 0 Å². The summed E-state index contributed by atoms with van der Waals surface area (Å²) < 4.78 is 38.2. The molecule has 0 fully saturated rings. The normalized spacial score (nSPS) is 14.7. The fraction of sp³-hybridized carbons (Fsp3) is 0.238. The molecule has 0 bridgehead atoms. The zero-order chi connectivity index (χ0) is 19.7. The third-order valence-electron chi connectivity index (χ3n) is 4.84. The van der Waals surface area contributed by atoms with Crippen molar-refractivity contribution in [2.75, 3.05) is 6.54 Å². The molecule has 0 radical (unpaired) electrons. The molecule has 4 rings (SSSR count). The van der Waals surface area contributed by atoms with Gasteiger partial charge >= 0.3 is 6.18 Å². The fourth-order valence-electron chi connectivity index (χ4n) is 3.32. The molecule has 0 amide bonds. The Morgan fingerprint density at radius 1 is 1.04 bits per heavy atom. The van der Waals surface area contributed by atoms with Crippen LogP contribution in [0, 0.1) is 0 Å². The van der Waals surface area contributed by atoms with E-state index in [4.69, 9.17) is 11.6 Å². The summed E-state index contributed by atoms with van der Waals surface area (Å²) in [4.78, 5) is 11.2. The van der Waals surface area contributed by atoms with Gasteiger partial charge in [-0.15, -0.1) is 0 Å². The highest BCUT2D eigenvalue weighted by atomic mass is 35.5. The van der Waals surface area contributed by atoms with Crippen LogP contribution in [-0.2, 0) is 25.7 Å². The first-order valence-corrected chi connectivity index (χ1v) is 9.26. The average molecular weight is 404 g/mol. The van der Waals surface area contributed by atoms with E-state index in [1.165, 1.54) is 12.1 Å². The number of fused-ring (bicyclic) bond motifs is 1. The summed E-state index contributed by atoms with van der Waals surface area (Å²) in [5, 5.41) is 0.752. The SMILES string of the molecule is FC(F)(F)c1ccc(-c2ncc3c(n2)CCN(Cc2ccccc2Cl)C3)cc1. The van der Waals surface area contributed by atoms with Crippen LogP contribution in [-0.4, -0.2) is 21.4 Å². The van der Waals surface area contributed by atoms with Crippen molar-refractivity contribution < 1.29 is 13.2 Å². The van der Waals surface area contributed by atoms with Crippen molar-refractivity contribution >= 4 is 11.6 Å². The Balaban J connectivity index is 1.50. The molecular formula is C21H17ClF3N3. The first kappa shape index (κ1) is 18.9. The molecule has 2 aromatic carbocycles. The van der Waals surface area contributed by atoms with E-state index in [0.717, 1.165) is 53.5 Å². The summed E-state index contributed by atoms with van der Waals surface area (Å²) in [6, 6.07) is 12.7. The molecule has 144 valence electrons. The number of hydrogen-bond donors (Lipinski definition) is 0. The Labute approximate surface area is 165 Å². The third kappa shape index (κ3) is 4.03. The van der Waals surface area contributed by atoms with Gasteiger partial charge in [0.15, 0.2) is 5.82 Å². The predicted octanol–water partition coefficient (Wildman–Crippen LogP) is 5.37. The number of halogens is 4. The van der Waals surface area contributed by atoms with Crippen LogP contribution >= 0.6 is 11.6 Å². The Bertz CT molecular complexity index is 987. The maximum absolute atomic E-state index is 12.7. The summed E-state index contributed by atoms with van der Waals surface area (Å²) in [6.07, 6.45) is -1.82. The lowest BCUT2D eigenvalue weighted by Gasteiger charge is -2.28. The molecule has 2 heterocycles. The van der Waals surface area contributed by atoms with E-state index in [1.807, 2.05) is 24.3 Å². The van der Waals surface area contributed by atoms with Gasteiger partial charge in [-0.2, -0.15) is 13.2 Å². The largest absolute Gasteiger partial charge is 0.416 e. The van der Waals surface area contributed by atoms with Crippen molar-refractivity contribution in [1.82, 2.24) is 14.9 Å². The third-order valence-corrected chi connectivity index (χ3v) is 5.20. The van der Waals surface area contributed by atoms with Crippen molar-refractivity contribution in [2.45, 2.75) is 25.7 Å². The van der Waals surface area contributed by atoms with E-state index in [0.29, 0.717) is 17.9 Å². The molecule has 1 aliphatic rings. The predicted molar refractivity (Wildman–Crippen MR) is 102 cm³/mol. The van der Waals surface area contributed by atoms with E-state index >= 15 is 0 Å². The van der Waals surface area contributed by atoms with Gasteiger partial charge in [0.05, 0.1) is 11.3 Å². The Kier molecular flexibility index (Phi) is 5.08. The molecule has 0 saturated heterocycles. The van der Waals surface area contributed by atoms with E-state index in [9.17, 15) is 13.2 Å². The zero-order valence-corrected chi connectivity index (χ0v) is 15.6. The minimum Gasteiger partial charge on any atom is -0.294 e. The topological polar surface area (TPSA) is 29.0 Å². The van der Waals surface area contributed by atoms with Gasteiger partial charge in [-0.25, -0.2) is 9.97 Å². The first-order chi connectivity index (χ1) is 13.4. The molecule has 0 N–H and O–H groups in total. The number of nitrogens with zero attached hydrogens (tertiary/aromatic N) is 3. The van der Waals surface area contributed by atoms with Crippen molar-refractivity contribution in [2.24, 2.45) is 0 Å². The van der Waals surface area contributed by atoms with Gasteiger partial charge in [-0.3, -0.25) is 4.90 Å². The molecule has 0 aliphatic carbocycles. The number of benzene rings is 2. The minimum absolute atomic E-state index is 0.451. The van der Waals surface area contributed by atoms with Crippen molar-refractivity contribution in [1.29, 1.82) is 0 Å². The van der Waals surface area contributed by atoms with E-state index in [-0.39, 0.29) is 0 Å². The fourth-order valence-corrected chi connectivity index (χ4v) is 3.52. The highest BCUT2D eigenvalue weighted by Crippen LogP contribution is 2.31. The van der Waals surface area contributed by atoms with Crippen LogP contribution in [0.5, 0.6) is 0 Å². The smallest absolute Gasteiger partial charge is 0.294 e. The van der Waals surface area contributed by atoms with Gasteiger partial charge in [-0.1, -0.05) is 41.9 Å². The summed E-state index contributed by atoms with van der Waals surface area (Å²) in [7, 11) is 0. The molecule has 0 spiro atoms. The second-order valence-corrected chi connectivity index (χ2v) is 7.20. The molecule has 3 nitrogen and oxygen atoms in total. The minimum atomic E-state index is -4.35. The quantitative estimate of drug-likeness (QED) is 0.588. The van der Waals surface area contributed by atoms with E-state index < -0.39 is 11.7 Å². The van der Waals surface area contributed by atoms with E-state index in [2.05, 4.69) is 14.9 Å². The molecule has 1 aromatic heterocycles. The van der Waals surface area contributed by atoms with Gasteiger partial charge in [0.1, 0.15) is 0 Å². The van der Waals surface area contributed by atoms with E-state index in [1.54, 1.807) is 6.20 Å².